The summed E-state index contributed by atoms with van der Waals surface area (Å²) in [7, 11) is 0. The van der Waals surface area contributed by atoms with E-state index in [9.17, 15) is 4.79 Å². The zero-order valence-corrected chi connectivity index (χ0v) is 10.2. The molecule has 0 aromatic rings. The minimum Gasteiger partial charge on any atom is -0.327 e. The van der Waals surface area contributed by atoms with Crippen LogP contribution in [0.1, 0.15) is 58.8 Å². The van der Waals surface area contributed by atoms with E-state index >= 15 is 0 Å². The molecule has 0 saturated heterocycles. The van der Waals surface area contributed by atoms with E-state index in [2.05, 4.69) is 13.8 Å². The molecule has 1 aliphatic carbocycles. The predicted octanol–water partition coefficient (Wildman–Crippen LogP) is 2.90. The molecule has 1 unspecified atom stereocenters. The molecule has 0 heterocycles. The molecule has 0 amide bonds. The highest BCUT2D eigenvalue weighted by atomic mass is 16.1. The second kappa shape index (κ2) is 6.26. The number of carbonyl (C=O) groups is 1. The van der Waals surface area contributed by atoms with Gasteiger partial charge < -0.3 is 5.73 Å². The molecule has 0 radical (unpaired) electrons. The summed E-state index contributed by atoms with van der Waals surface area (Å²) in [4.78, 5) is 11.9. The molecule has 1 fully saturated rings. The van der Waals surface area contributed by atoms with Crippen LogP contribution in [0.15, 0.2) is 0 Å². The third kappa shape index (κ3) is 4.33. The van der Waals surface area contributed by atoms with Crippen LogP contribution in [0.2, 0.25) is 0 Å². The SMILES string of the molecule is CCCC(N)CC(=O)C1CCC(C)CC1. The maximum absolute atomic E-state index is 11.9. The van der Waals surface area contributed by atoms with Crippen LogP contribution >= 0.6 is 0 Å². The minimum atomic E-state index is 0.0989. The number of hydrogen-bond acceptors (Lipinski definition) is 2. The average Bonchev–Trinajstić information content (AvgIpc) is 2.18. The molecule has 1 rings (SSSR count). The Kier molecular flexibility index (Phi) is 5.30. The highest BCUT2D eigenvalue weighted by molar-refractivity contribution is 5.81. The number of rotatable bonds is 5. The summed E-state index contributed by atoms with van der Waals surface area (Å²) >= 11 is 0. The lowest BCUT2D eigenvalue weighted by Crippen LogP contribution is -2.29. The Balaban J connectivity index is 2.27. The van der Waals surface area contributed by atoms with Crippen molar-refractivity contribution in [1.82, 2.24) is 0 Å². The van der Waals surface area contributed by atoms with Gasteiger partial charge in [-0.05, 0) is 25.2 Å². The van der Waals surface area contributed by atoms with E-state index in [-0.39, 0.29) is 6.04 Å². The minimum absolute atomic E-state index is 0.0989. The van der Waals surface area contributed by atoms with E-state index in [4.69, 9.17) is 5.73 Å². The standard InChI is InChI=1S/C13H25NO/c1-3-4-12(14)9-13(15)11-7-5-10(2)6-8-11/h10-12H,3-9,14H2,1-2H3. The van der Waals surface area contributed by atoms with Gasteiger partial charge in [0.1, 0.15) is 5.78 Å². The van der Waals surface area contributed by atoms with Crippen LogP contribution in [0.4, 0.5) is 0 Å². The van der Waals surface area contributed by atoms with Crippen LogP contribution in [0, 0.1) is 11.8 Å². The van der Waals surface area contributed by atoms with E-state index in [1.54, 1.807) is 0 Å². The van der Waals surface area contributed by atoms with Gasteiger partial charge in [-0.2, -0.15) is 0 Å². The molecule has 2 heteroatoms. The first-order chi connectivity index (χ1) is 7.13. The summed E-state index contributed by atoms with van der Waals surface area (Å²) in [5, 5.41) is 0. The molecule has 0 bridgehead atoms. The number of nitrogens with two attached hydrogens (primary N) is 1. The lowest BCUT2D eigenvalue weighted by atomic mass is 9.79. The molecule has 1 atom stereocenters. The van der Waals surface area contributed by atoms with Crippen molar-refractivity contribution in [2.75, 3.05) is 0 Å². The van der Waals surface area contributed by atoms with Gasteiger partial charge >= 0.3 is 0 Å². The third-order valence-electron chi connectivity index (χ3n) is 3.59. The Bertz CT molecular complexity index is 195. The topological polar surface area (TPSA) is 43.1 Å². The molecule has 2 N–H and O–H groups in total. The lowest BCUT2D eigenvalue weighted by molar-refractivity contribution is -0.124. The van der Waals surface area contributed by atoms with E-state index in [0.29, 0.717) is 18.1 Å². The molecule has 15 heavy (non-hydrogen) atoms. The fourth-order valence-corrected chi connectivity index (χ4v) is 2.48. The molecule has 88 valence electrons. The van der Waals surface area contributed by atoms with Crippen molar-refractivity contribution in [3.63, 3.8) is 0 Å². The van der Waals surface area contributed by atoms with Crippen LogP contribution in [-0.4, -0.2) is 11.8 Å². The smallest absolute Gasteiger partial charge is 0.137 e. The number of ketones is 1. The van der Waals surface area contributed by atoms with Crippen LogP contribution in [-0.2, 0) is 4.79 Å². The first kappa shape index (κ1) is 12.7. The number of hydrogen-bond donors (Lipinski definition) is 1. The Morgan fingerprint density at radius 2 is 1.93 bits per heavy atom. The van der Waals surface area contributed by atoms with Gasteiger partial charge in [0, 0.05) is 18.4 Å². The first-order valence-electron chi connectivity index (χ1n) is 6.41. The summed E-state index contributed by atoms with van der Waals surface area (Å²) in [5.41, 5.74) is 5.90. The maximum atomic E-state index is 11.9. The van der Waals surface area contributed by atoms with Gasteiger partial charge in [0.15, 0.2) is 0 Å². The zero-order valence-electron chi connectivity index (χ0n) is 10.2. The van der Waals surface area contributed by atoms with Crippen LogP contribution < -0.4 is 5.73 Å². The number of Topliss-reactive ketones (excluding diaryl/α,β-unsaturated/α-hetero) is 1. The molecule has 0 aromatic carbocycles. The maximum Gasteiger partial charge on any atom is 0.137 e. The molecule has 1 aliphatic rings. The molecule has 0 spiro atoms. The van der Waals surface area contributed by atoms with E-state index in [0.717, 1.165) is 31.6 Å². The summed E-state index contributed by atoms with van der Waals surface area (Å²) in [5.74, 6) is 1.56. The molecular weight excluding hydrogens is 186 g/mol. The largest absolute Gasteiger partial charge is 0.327 e. The van der Waals surface area contributed by atoms with Crippen LogP contribution in [0.3, 0.4) is 0 Å². The molecule has 0 aromatic heterocycles. The lowest BCUT2D eigenvalue weighted by Gasteiger charge is -2.25. The van der Waals surface area contributed by atoms with Gasteiger partial charge in [-0.15, -0.1) is 0 Å². The van der Waals surface area contributed by atoms with Crippen molar-refractivity contribution in [3.8, 4) is 0 Å². The van der Waals surface area contributed by atoms with Crippen molar-refractivity contribution in [2.24, 2.45) is 17.6 Å². The summed E-state index contributed by atoms with van der Waals surface area (Å²) < 4.78 is 0. The van der Waals surface area contributed by atoms with Crippen molar-refractivity contribution in [3.05, 3.63) is 0 Å². The fraction of sp³-hybridized carbons (Fsp3) is 0.923. The Hall–Kier alpha value is -0.370. The Morgan fingerprint density at radius 3 is 2.47 bits per heavy atom. The second-order valence-corrected chi connectivity index (χ2v) is 5.18. The second-order valence-electron chi connectivity index (χ2n) is 5.18. The molecular formula is C13H25NO. The van der Waals surface area contributed by atoms with Gasteiger partial charge in [0.2, 0.25) is 0 Å². The van der Waals surface area contributed by atoms with Gasteiger partial charge in [-0.1, -0.05) is 33.1 Å². The highest BCUT2D eigenvalue weighted by Gasteiger charge is 2.24. The van der Waals surface area contributed by atoms with Gasteiger partial charge in [0.05, 0.1) is 0 Å². The Morgan fingerprint density at radius 1 is 1.33 bits per heavy atom. The van der Waals surface area contributed by atoms with E-state index in [1.165, 1.54) is 12.8 Å². The van der Waals surface area contributed by atoms with Crippen molar-refractivity contribution < 1.29 is 4.79 Å². The van der Waals surface area contributed by atoms with E-state index in [1.807, 2.05) is 0 Å². The third-order valence-corrected chi connectivity index (χ3v) is 3.59. The van der Waals surface area contributed by atoms with Gasteiger partial charge in [-0.3, -0.25) is 4.79 Å². The average molecular weight is 211 g/mol. The molecule has 0 aliphatic heterocycles. The highest BCUT2D eigenvalue weighted by Crippen LogP contribution is 2.29. The fourth-order valence-electron chi connectivity index (χ4n) is 2.48. The van der Waals surface area contributed by atoms with Gasteiger partial charge in [-0.25, -0.2) is 0 Å². The van der Waals surface area contributed by atoms with Crippen LogP contribution in [0.5, 0.6) is 0 Å². The predicted molar refractivity (Wildman–Crippen MR) is 63.6 cm³/mol. The molecule has 1 saturated carbocycles. The normalized spacial score (nSPS) is 28.7. The Labute approximate surface area is 93.6 Å². The summed E-state index contributed by atoms with van der Waals surface area (Å²) in [6.45, 7) is 4.40. The zero-order chi connectivity index (χ0) is 11.3. The quantitative estimate of drug-likeness (QED) is 0.760. The first-order valence-corrected chi connectivity index (χ1v) is 6.41. The van der Waals surface area contributed by atoms with Crippen molar-refractivity contribution in [1.29, 1.82) is 0 Å². The van der Waals surface area contributed by atoms with Gasteiger partial charge in [0.25, 0.3) is 0 Å². The van der Waals surface area contributed by atoms with Crippen LogP contribution in [0.25, 0.3) is 0 Å². The summed E-state index contributed by atoms with van der Waals surface area (Å²) in [6, 6.07) is 0.0989. The van der Waals surface area contributed by atoms with Crippen molar-refractivity contribution >= 4 is 5.78 Å². The summed E-state index contributed by atoms with van der Waals surface area (Å²) in [6.07, 6.45) is 7.30. The number of carbonyl (C=O) groups excluding carboxylic acids is 1. The van der Waals surface area contributed by atoms with E-state index < -0.39 is 0 Å². The monoisotopic (exact) mass is 211 g/mol. The molecule has 2 nitrogen and oxygen atoms in total. The van der Waals surface area contributed by atoms with Crippen molar-refractivity contribution in [2.45, 2.75) is 64.8 Å².